The van der Waals surface area contributed by atoms with Gasteiger partial charge in [0.25, 0.3) is 0 Å². The van der Waals surface area contributed by atoms with Crippen molar-refractivity contribution in [2.24, 2.45) is 0 Å². The first kappa shape index (κ1) is 16.5. The minimum absolute atomic E-state index is 0.00986. The molecular weight excluding hydrogens is 256 g/mol. The van der Waals surface area contributed by atoms with Crippen LogP contribution in [0.15, 0.2) is 12.1 Å². The first-order valence-electron chi connectivity index (χ1n) is 6.87. The fourth-order valence-corrected chi connectivity index (χ4v) is 2.01. The van der Waals surface area contributed by atoms with Gasteiger partial charge in [0.1, 0.15) is 12.4 Å². The lowest BCUT2D eigenvalue weighted by Gasteiger charge is -2.25. The van der Waals surface area contributed by atoms with Crippen LogP contribution < -0.4 is 4.74 Å². The molecule has 20 heavy (non-hydrogen) atoms. The molecule has 0 atom stereocenters. The number of aliphatic hydroxyl groups is 1. The first-order valence-corrected chi connectivity index (χ1v) is 6.87. The van der Waals surface area contributed by atoms with Crippen LogP contribution in [0.5, 0.6) is 5.75 Å². The summed E-state index contributed by atoms with van der Waals surface area (Å²) in [5.74, 6) is 0.411. The standard InChI is InChI=1S/C16H24O4/c1-6-19-14-11(2)9-12(15(18)20-8-7-17)10-13(14)16(3,4)5/h9-10,17H,6-8H2,1-5H3. The van der Waals surface area contributed by atoms with Gasteiger partial charge in [-0.05, 0) is 37.0 Å². The Morgan fingerprint density at radius 1 is 1.30 bits per heavy atom. The van der Waals surface area contributed by atoms with Crippen LogP contribution in [-0.2, 0) is 10.2 Å². The normalized spacial score (nSPS) is 11.3. The predicted octanol–water partition coefficient (Wildman–Crippen LogP) is 2.84. The van der Waals surface area contributed by atoms with Gasteiger partial charge in [-0.1, -0.05) is 20.8 Å². The maximum atomic E-state index is 11.9. The molecule has 0 aliphatic rings. The molecule has 1 rings (SSSR count). The molecule has 112 valence electrons. The highest BCUT2D eigenvalue weighted by Gasteiger charge is 2.23. The smallest absolute Gasteiger partial charge is 0.338 e. The average Bonchev–Trinajstić information content (AvgIpc) is 2.36. The number of esters is 1. The van der Waals surface area contributed by atoms with Crippen molar-refractivity contribution in [2.45, 2.75) is 40.0 Å². The molecule has 0 unspecified atom stereocenters. The van der Waals surface area contributed by atoms with E-state index in [-0.39, 0.29) is 18.6 Å². The number of hydrogen-bond donors (Lipinski definition) is 1. The van der Waals surface area contributed by atoms with Gasteiger partial charge in [-0.15, -0.1) is 0 Å². The van der Waals surface area contributed by atoms with Crippen LogP contribution in [0.25, 0.3) is 0 Å². The Labute approximate surface area is 120 Å². The van der Waals surface area contributed by atoms with Gasteiger partial charge in [0.15, 0.2) is 0 Å². The highest BCUT2D eigenvalue weighted by atomic mass is 16.5. The fourth-order valence-electron chi connectivity index (χ4n) is 2.01. The maximum Gasteiger partial charge on any atom is 0.338 e. The average molecular weight is 280 g/mol. The van der Waals surface area contributed by atoms with Crippen LogP contribution in [0, 0.1) is 6.92 Å². The minimum atomic E-state index is -0.421. The van der Waals surface area contributed by atoms with Gasteiger partial charge >= 0.3 is 5.97 Å². The second kappa shape index (κ2) is 6.75. The van der Waals surface area contributed by atoms with Gasteiger partial charge in [0, 0.05) is 5.56 Å². The van der Waals surface area contributed by atoms with E-state index in [0.29, 0.717) is 12.2 Å². The summed E-state index contributed by atoms with van der Waals surface area (Å²) < 4.78 is 10.7. The van der Waals surface area contributed by atoms with Crippen molar-refractivity contribution >= 4 is 5.97 Å². The summed E-state index contributed by atoms with van der Waals surface area (Å²) >= 11 is 0. The molecule has 0 saturated heterocycles. The van der Waals surface area contributed by atoms with Gasteiger partial charge in [-0.2, -0.15) is 0 Å². The number of hydrogen-bond acceptors (Lipinski definition) is 4. The number of aryl methyl sites for hydroxylation is 1. The number of carbonyl (C=O) groups excluding carboxylic acids is 1. The molecule has 0 amide bonds. The summed E-state index contributed by atoms with van der Waals surface area (Å²) in [5, 5.41) is 8.72. The molecule has 0 radical (unpaired) electrons. The van der Waals surface area contributed by atoms with E-state index in [4.69, 9.17) is 14.6 Å². The number of ether oxygens (including phenoxy) is 2. The van der Waals surface area contributed by atoms with Crippen LogP contribution in [-0.4, -0.2) is 30.9 Å². The van der Waals surface area contributed by atoms with E-state index < -0.39 is 5.97 Å². The summed E-state index contributed by atoms with van der Waals surface area (Å²) in [6.45, 7) is 10.5. The number of rotatable bonds is 5. The van der Waals surface area contributed by atoms with Crippen LogP contribution in [0.4, 0.5) is 0 Å². The van der Waals surface area contributed by atoms with Crippen LogP contribution in [0.2, 0.25) is 0 Å². The molecule has 0 fully saturated rings. The predicted molar refractivity (Wildman–Crippen MR) is 78.4 cm³/mol. The van der Waals surface area contributed by atoms with Crippen molar-refractivity contribution in [3.63, 3.8) is 0 Å². The second-order valence-corrected chi connectivity index (χ2v) is 5.71. The first-order chi connectivity index (χ1) is 9.31. The summed E-state index contributed by atoms with van der Waals surface area (Å²) in [7, 11) is 0. The number of aliphatic hydroxyl groups excluding tert-OH is 1. The van der Waals surface area contributed by atoms with Gasteiger partial charge in [0.05, 0.1) is 18.8 Å². The van der Waals surface area contributed by atoms with E-state index >= 15 is 0 Å². The molecule has 1 aromatic rings. The third-order valence-electron chi connectivity index (χ3n) is 2.93. The molecule has 4 heteroatoms. The Balaban J connectivity index is 3.25. The third-order valence-corrected chi connectivity index (χ3v) is 2.93. The van der Waals surface area contributed by atoms with Crippen molar-refractivity contribution in [1.82, 2.24) is 0 Å². The van der Waals surface area contributed by atoms with E-state index in [1.165, 1.54) is 0 Å². The quantitative estimate of drug-likeness (QED) is 0.843. The van der Waals surface area contributed by atoms with Crippen molar-refractivity contribution < 1.29 is 19.4 Å². The topological polar surface area (TPSA) is 55.8 Å². The van der Waals surface area contributed by atoms with Crippen molar-refractivity contribution in [2.75, 3.05) is 19.8 Å². The summed E-state index contributed by atoms with van der Waals surface area (Å²) in [6.07, 6.45) is 0. The molecule has 0 heterocycles. The Hall–Kier alpha value is -1.55. The van der Waals surface area contributed by atoms with Crippen LogP contribution in [0.1, 0.15) is 49.2 Å². The molecule has 1 aromatic carbocycles. The van der Waals surface area contributed by atoms with Crippen LogP contribution >= 0.6 is 0 Å². The lowest BCUT2D eigenvalue weighted by molar-refractivity contribution is 0.0433. The number of benzene rings is 1. The molecule has 4 nitrogen and oxygen atoms in total. The molecule has 0 spiro atoms. The second-order valence-electron chi connectivity index (χ2n) is 5.71. The Morgan fingerprint density at radius 3 is 2.45 bits per heavy atom. The van der Waals surface area contributed by atoms with E-state index in [1.54, 1.807) is 6.07 Å². The van der Waals surface area contributed by atoms with E-state index in [1.807, 2.05) is 19.9 Å². The highest BCUT2D eigenvalue weighted by molar-refractivity contribution is 5.90. The summed E-state index contributed by atoms with van der Waals surface area (Å²) in [5.41, 5.74) is 2.25. The summed E-state index contributed by atoms with van der Waals surface area (Å²) in [6, 6.07) is 3.58. The lowest BCUT2D eigenvalue weighted by atomic mass is 9.84. The Bertz CT molecular complexity index is 472. The van der Waals surface area contributed by atoms with Gasteiger partial charge in [-0.3, -0.25) is 0 Å². The van der Waals surface area contributed by atoms with Gasteiger partial charge in [0.2, 0.25) is 0 Å². The number of carbonyl (C=O) groups is 1. The zero-order chi connectivity index (χ0) is 15.3. The van der Waals surface area contributed by atoms with Crippen molar-refractivity contribution in [3.8, 4) is 5.75 Å². The minimum Gasteiger partial charge on any atom is -0.493 e. The maximum absolute atomic E-state index is 11.9. The van der Waals surface area contributed by atoms with E-state index in [9.17, 15) is 4.79 Å². The Morgan fingerprint density at radius 2 is 1.95 bits per heavy atom. The molecule has 0 bridgehead atoms. The molecule has 0 saturated carbocycles. The SMILES string of the molecule is CCOc1c(C)cc(C(=O)OCCO)cc1C(C)(C)C. The largest absolute Gasteiger partial charge is 0.493 e. The highest BCUT2D eigenvalue weighted by Crippen LogP contribution is 2.35. The van der Waals surface area contributed by atoms with Crippen LogP contribution in [0.3, 0.4) is 0 Å². The third kappa shape index (κ3) is 3.97. The molecule has 0 aliphatic carbocycles. The molecule has 1 N–H and O–H groups in total. The van der Waals surface area contributed by atoms with Crippen molar-refractivity contribution in [3.05, 3.63) is 28.8 Å². The zero-order valence-electron chi connectivity index (χ0n) is 12.9. The zero-order valence-corrected chi connectivity index (χ0v) is 12.9. The molecule has 0 aromatic heterocycles. The van der Waals surface area contributed by atoms with Crippen molar-refractivity contribution in [1.29, 1.82) is 0 Å². The lowest BCUT2D eigenvalue weighted by Crippen LogP contribution is -2.17. The van der Waals surface area contributed by atoms with Gasteiger partial charge in [-0.25, -0.2) is 4.79 Å². The monoisotopic (exact) mass is 280 g/mol. The van der Waals surface area contributed by atoms with E-state index in [0.717, 1.165) is 16.9 Å². The summed E-state index contributed by atoms with van der Waals surface area (Å²) in [4.78, 5) is 11.9. The fraction of sp³-hybridized carbons (Fsp3) is 0.562. The van der Waals surface area contributed by atoms with E-state index in [2.05, 4.69) is 20.8 Å². The molecular formula is C16H24O4. The Kier molecular flexibility index (Phi) is 5.57. The van der Waals surface area contributed by atoms with Gasteiger partial charge < -0.3 is 14.6 Å². The molecule has 0 aliphatic heterocycles.